The molecule has 0 N–H and O–H groups in total. The minimum absolute atomic E-state index is 0.118. The van der Waals surface area contributed by atoms with Gasteiger partial charge in [-0.25, -0.2) is 0 Å². The Morgan fingerprint density at radius 3 is 2.87 bits per heavy atom. The molecule has 1 fully saturated rings. The molecule has 0 radical (unpaired) electrons. The highest BCUT2D eigenvalue weighted by atomic mass is 16.5. The first-order valence-electron chi connectivity index (χ1n) is 10.7. The summed E-state index contributed by atoms with van der Waals surface area (Å²) in [7, 11) is 2.06. The zero-order chi connectivity index (χ0) is 21.5. The summed E-state index contributed by atoms with van der Waals surface area (Å²) in [6, 6.07) is 11.9. The fraction of sp³-hybridized carbons (Fsp3) is 0.435. The molecule has 1 aliphatic heterocycles. The maximum absolute atomic E-state index is 12.5. The number of likely N-dealkylation sites (tertiary alicyclic amines) is 1. The van der Waals surface area contributed by atoms with E-state index in [9.17, 15) is 4.79 Å². The van der Waals surface area contributed by atoms with Gasteiger partial charge in [0.15, 0.2) is 0 Å². The van der Waals surface area contributed by atoms with E-state index in [2.05, 4.69) is 34.3 Å². The zero-order valence-electron chi connectivity index (χ0n) is 17.9. The van der Waals surface area contributed by atoms with Crippen LogP contribution < -0.4 is 4.74 Å². The van der Waals surface area contributed by atoms with E-state index < -0.39 is 0 Å². The number of hydrogen-bond donors (Lipinski definition) is 0. The molecule has 0 unspecified atom stereocenters. The molecule has 1 saturated heterocycles. The molecule has 4 rings (SSSR count). The molecule has 1 atom stereocenters. The van der Waals surface area contributed by atoms with Crippen molar-refractivity contribution in [3.05, 3.63) is 66.3 Å². The summed E-state index contributed by atoms with van der Waals surface area (Å²) in [5.74, 6) is 1.33. The van der Waals surface area contributed by atoms with Crippen LogP contribution >= 0.6 is 0 Å². The third-order valence-corrected chi connectivity index (χ3v) is 5.51. The average molecular weight is 424 g/mol. The van der Waals surface area contributed by atoms with Gasteiger partial charge >= 0.3 is 0 Å². The van der Waals surface area contributed by atoms with Gasteiger partial charge in [-0.15, -0.1) is 0 Å². The number of carbonyl (C=O) groups is 1. The van der Waals surface area contributed by atoms with Gasteiger partial charge in [-0.3, -0.25) is 14.4 Å². The van der Waals surface area contributed by atoms with Crippen molar-refractivity contribution in [2.75, 3.05) is 26.7 Å². The predicted octanol–water partition coefficient (Wildman–Crippen LogP) is 2.82. The SMILES string of the molecule is CN(Cc1ccc(OC[C@H]2CCCN(C(=O)Cn3cccn3)C2)cc1)Cc1ccon1. The molecule has 1 amide bonds. The molecular formula is C23H29N5O3. The van der Waals surface area contributed by atoms with Crippen LogP contribution in [0.15, 0.2) is 59.6 Å². The van der Waals surface area contributed by atoms with Gasteiger partial charge in [-0.1, -0.05) is 17.3 Å². The molecule has 1 aliphatic rings. The minimum Gasteiger partial charge on any atom is -0.493 e. The summed E-state index contributed by atoms with van der Waals surface area (Å²) in [5.41, 5.74) is 2.14. The molecule has 8 heteroatoms. The maximum atomic E-state index is 12.5. The van der Waals surface area contributed by atoms with Gasteiger partial charge in [0, 0.05) is 50.6 Å². The Balaban J connectivity index is 1.21. The topological polar surface area (TPSA) is 76.6 Å². The van der Waals surface area contributed by atoms with Crippen molar-refractivity contribution in [3.8, 4) is 5.75 Å². The summed E-state index contributed by atoms with van der Waals surface area (Å²) in [4.78, 5) is 16.6. The van der Waals surface area contributed by atoms with E-state index in [-0.39, 0.29) is 5.91 Å². The Morgan fingerprint density at radius 2 is 2.13 bits per heavy atom. The number of ether oxygens (including phenoxy) is 1. The lowest BCUT2D eigenvalue weighted by atomic mass is 9.99. The van der Waals surface area contributed by atoms with Crippen molar-refractivity contribution >= 4 is 5.91 Å². The lowest BCUT2D eigenvalue weighted by Crippen LogP contribution is -2.43. The Kier molecular flexibility index (Phi) is 6.99. The number of aromatic nitrogens is 3. The molecule has 0 aliphatic carbocycles. The standard InChI is InChI=1S/C23H29N5O3/c1-26(16-21-9-13-31-25-21)14-19-5-7-22(8-6-19)30-18-20-4-2-11-27(15-20)23(29)17-28-12-3-10-24-28/h3,5-10,12-13,20H,2,4,11,14-18H2,1H3/t20-/m0/s1. The van der Waals surface area contributed by atoms with Crippen LogP contribution in [0.5, 0.6) is 5.75 Å². The number of piperidine rings is 1. The maximum Gasteiger partial charge on any atom is 0.244 e. The first-order chi connectivity index (χ1) is 15.2. The van der Waals surface area contributed by atoms with Crippen molar-refractivity contribution in [1.29, 1.82) is 0 Å². The summed E-state index contributed by atoms with van der Waals surface area (Å²) < 4.78 is 12.6. The van der Waals surface area contributed by atoms with Crippen LogP contribution in [0, 0.1) is 5.92 Å². The molecule has 0 bridgehead atoms. The van der Waals surface area contributed by atoms with Gasteiger partial charge in [-0.2, -0.15) is 5.10 Å². The molecule has 2 aromatic heterocycles. The smallest absolute Gasteiger partial charge is 0.244 e. The first kappa shape index (κ1) is 21.1. The van der Waals surface area contributed by atoms with Crippen molar-refractivity contribution in [1.82, 2.24) is 24.7 Å². The van der Waals surface area contributed by atoms with Gasteiger partial charge < -0.3 is 14.2 Å². The lowest BCUT2D eigenvalue weighted by molar-refractivity contribution is -0.134. The van der Waals surface area contributed by atoms with E-state index in [1.165, 1.54) is 5.56 Å². The molecule has 31 heavy (non-hydrogen) atoms. The van der Waals surface area contributed by atoms with E-state index in [1.807, 2.05) is 35.4 Å². The van der Waals surface area contributed by atoms with Gasteiger partial charge in [0.1, 0.15) is 18.6 Å². The molecule has 164 valence electrons. The van der Waals surface area contributed by atoms with Crippen LogP contribution in [-0.2, 0) is 24.4 Å². The number of nitrogens with zero attached hydrogens (tertiary/aromatic N) is 5. The predicted molar refractivity (Wildman–Crippen MR) is 115 cm³/mol. The van der Waals surface area contributed by atoms with Crippen LogP contribution in [0.4, 0.5) is 0 Å². The Morgan fingerprint density at radius 1 is 1.26 bits per heavy atom. The number of benzene rings is 1. The highest BCUT2D eigenvalue weighted by Gasteiger charge is 2.24. The molecule has 1 aromatic carbocycles. The fourth-order valence-corrected chi connectivity index (χ4v) is 3.93. The zero-order valence-corrected chi connectivity index (χ0v) is 17.9. The Hall–Kier alpha value is -3.13. The van der Waals surface area contributed by atoms with E-state index in [1.54, 1.807) is 17.1 Å². The molecule has 0 saturated carbocycles. The van der Waals surface area contributed by atoms with Crippen LogP contribution in [0.3, 0.4) is 0 Å². The second-order valence-electron chi connectivity index (χ2n) is 8.17. The molecule has 8 nitrogen and oxygen atoms in total. The number of amides is 1. The van der Waals surface area contributed by atoms with Crippen molar-refractivity contribution in [3.63, 3.8) is 0 Å². The van der Waals surface area contributed by atoms with Crippen LogP contribution in [-0.4, -0.2) is 57.4 Å². The summed E-state index contributed by atoms with van der Waals surface area (Å²) in [5, 5.41) is 8.07. The Labute approximate surface area is 182 Å². The normalized spacial score (nSPS) is 16.6. The van der Waals surface area contributed by atoms with E-state index in [0.717, 1.165) is 50.5 Å². The number of carbonyl (C=O) groups excluding carboxylic acids is 1. The minimum atomic E-state index is 0.118. The van der Waals surface area contributed by atoms with Gasteiger partial charge in [0.05, 0.1) is 12.3 Å². The Bertz CT molecular complexity index is 925. The quantitative estimate of drug-likeness (QED) is 0.527. The number of hydrogen-bond acceptors (Lipinski definition) is 6. The fourth-order valence-electron chi connectivity index (χ4n) is 3.93. The largest absolute Gasteiger partial charge is 0.493 e. The van der Waals surface area contributed by atoms with Gasteiger partial charge in [0.25, 0.3) is 0 Å². The van der Waals surface area contributed by atoms with Crippen molar-refractivity contribution < 1.29 is 14.1 Å². The number of rotatable bonds is 9. The summed E-state index contributed by atoms with van der Waals surface area (Å²) >= 11 is 0. The van der Waals surface area contributed by atoms with E-state index >= 15 is 0 Å². The second-order valence-corrected chi connectivity index (χ2v) is 8.17. The molecular weight excluding hydrogens is 394 g/mol. The van der Waals surface area contributed by atoms with Gasteiger partial charge in [-0.05, 0) is 43.7 Å². The third-order valence-electron chi connectivity index (χ3n) is 5.51. The van der Waals surface area contributed by atoms with Crippen LogP contribution in [0.2, 0.25) is 0 Å². The highest BCUT2D eigenvalue weighted by molar-refractivity contribution is 5.76. The second kappa shape index (κ2) is 10.3. The average Bonchev–Trinajstić information content (AvgIpc) is 3.48. The summed E-state index contributed by atoms with van der Waals surface area (Å²) in [6.07, 6.45) is 7.20. The molecule has 3 aromatic rings. The van der Waals surface area contributed by atoms with Crippen LogP contribution in [0.1, 0.15) is 24.1 Å². The highest BCUT2D eigenvalue weighted by Crippen LogP contribution is 2.20. The first-order valence-corrected chi connectivity index (χ1v) is 10.7. The summed E-state index contributed by atoms with van der Waals surface area (Å²) in [6.45, 7) is 4.04. The third kappa shape index (κ3) is 6.18. The van der Waals surface area contributed by atoms with Crippen LogP contribution in [0.25, 0.3) is 0 Å². The monoisotopic (exact) mass is 423 g/mol. The van der Waals surface area contributed by atoms with Crippen molar-refractivity contribution in [2.24, 2.45) is 5.92 Å². The van der Waals surface area contributed by atoms with Gasteiger partial charge in [0.2, 0.25) is 5.91 Å². The lowest BCUT2D eigenvalue weighted by Gasteiger charge is -2.32. The van der Waals surface area contributed by atoms with E-state index in [0.29, 0.717) is 19.1 Å². The molecule has 0 spiro atoms. The molecule has 3 heterocycles. The van der Waals surface area contributed by atoms with E-state index in [4.69, 9.17) is 9.26 Å². The van der Waals surface area contributed by atoms with Crippen molar-refractivity contribution in [2.45, 2.75) is 32.5 Å².